The van der Waals surface area contributed by atoms with Crippen LogP contribution < -0.4 is 5.32 Å². The van der Waals surface area contributed by atoms with Crippen LogP contribution in [0.4, 0.5) is 5.00 Å². The minimum absolute atomic E-state index is 0.158. The van der Waals surface area contributed by atoms with Crippen molar-refractivity contribution in [1.29, 1.82) is 0 Å². The van der Waals surface area contributed by atoms with Gasteiger partial charge in [-0.15, -0.1) is 22.7 Å². The number of methoxy groups -OCH3 is 1. The topological polar surface area (TPSA) is 92.8 Å². The van der Waals surface area contributed by atoms with Crippen LogP contribution in [0.1, 0.15) is 52.9 Å². The predicted octanol–water partition coefficient (Wildman–Crippen LogP) is 3.90. The maximum atomic E-state index is 13.0. The number of nitrogens with one attached hydrogen (secondary N) is 1. The number of ether oxygens (including phenoxy) is 1. The molecule has 0 bridgehead atoms. The standard InChI is InChI=1S/C21H26N2O5S3/c1-28-21(25)18-15-6-3-2-4-7-16(15)30-20(18)22-19(24)14-9-11-23(12-10-14)31(26,27)17-8-5-13-29-17/h5,8,13-14H,2-4,6-7,9-12H2,1H3,(H,22,24). The van der Waals surface area contributed by atoms with E-state index >= 15 is 0 Å². The third kappa shape index (κ3) is 4.57. The van der Waals surface area contributed by atoms with Gasteiger partial charge in [-0.05, 0) is 55.5 Å². The molecule has 1 aliphatic heterocycles. The third-order valence-corrected chi connectivity index (χ3v) is 10.4. The van der Waals surface area contributed by atoms with Gasteiger partial charge in [0, 0.05) is 23.9 Å². The fraction of sp³-hybridized carbons (Fsp3) is 0.524. The fourth-order valence-electron chi connectivity index (χ4n) is 4.26. The van der Waals surface area contributed by atoms with E-state index in [1.54, 1.807) is 17.5 Å². The highest BCUT2D eigenvalue weighted by Crippen LogP contribution is 2.38. The van der Waals surface area contributed by atoms with Gasteiger partial charge in [-0.2, -0.15) is 4.31 Å². The summed E-state index contributed by atoms with van der Waals surface area (Å²) in [6, 6.07) is 3.33. The molecule has 7 nitrogen and oxygen atoms in total. The van der Waals surface area contributed by atoms with E-state index in [1.165, 1.54) is 34.1 Å². The molecule has 2 aliphatic rings. The van der Waals surface area contributed by atoms with E-state index in [9.17, 15) is 18.0 Å². The Morgan fingerprint density at radius 3 is 2.58 bits per heavy atom. The summed E-state index contributed by atoms with van der Waals surface area (Å²) < 4.78 is 32.2. The Labute approximate surface area is 190 Å². The van der Waals surface area contributed by atoms with Crippen molar-refractivity contribution in [3.05, 3.63) is 33.5 Å². The quantitative estimate of drug-likeness (QED) is 0.515. The molecule has 168 valence electrons. The van der Waals surface area contributed by atoms with Gasteiger partial charge < -0.3 is 10.1 Å². The highest BCUT2D eigenvalue weighted by molar-refractivity contribution is 7.91. The Hall–Kier alpha value is -1.75. The summed E-state index contributed by atoms with van der Waals surface area (Å²) in [5, 5.41) is 5.28. The molecule has 10 heteroatoms. The summed E-state index contributed by atoms with van der Waals surface area (Å²) in [5.74, 6) is -0.858. The monoisotopic (exact) mass is 482 g/mol. The fourth-order valence-corrected chi connectivity index (χ4v) is 8.15. The van der Waals surface area contributed by atoms with Crippen molar-refractivity contribution in [2.75, 3.05) is 25.5 Å². The van der Waals surface area contributed by atoms with E-state index in [2.05, 4.69) is 5.32 Å². The normalized spacial score (nSPS) is 18.2. The smallest absolute Gasteiger partial charge is 0.341 e. The molecule has 1 N–H and O–H groups in total. The highest BCUT2D eigenvalue weighted by Gasteiger charge is 2.34. The van der Waals surface area contributed by atoms with E-state index in [0.717, 1.165) is 42.5 Å². The first kappa shape index (κ1) is 22.4. The van der Waals surface area contributed by atoms with Crippen molar-refractivity contribution in [2.45, 2.75) is 49.2 Å². The zero-order valence-electron chi connectivity index (χ0n) is 17.4. The second-order valence-electron chi connectivity index (χ2n) is 7.86. The van der Waals surface area contributed by atoms with Crippen LogP contribution in [-0.2, 0) is 32.4 Å². The molecule has 31 heavy (non-hydrogen) atoms. The van der Waals surface area contributed by atoms with Crippen LogP contribution in [-0.4, -0.2) is 44.8 Å². The maximum Gasteiger partial charge on any atom is 0.341 e. The van der Waals surface area contributed by atoms with E-state index < -0.39 is 16.0 Å². The number of hydrogen-bond acceptors (Lipinski definition) is 7. The summed E-state index contributed by atoms with van der Waals surface area (Å²) >= 11 is 2.68. The number of rotatable bonds is 5. The zero-order chi connectivity index (χ0) is 22.0. The van der Waals surface area contributed by atoms with Crippen molar-refractivity contribution in [2.24, 2.45) is 5.92 Å². The number of fused-ring (bicyclic) bond motifs is 1. The molecule has 0 atom stereocenters. The summed E-state index contributed by atoms with van der Waals surface area (Å²) in [5.41, 5.74) is 1.51. The lowest BCUT2D eigenvalue weighted by Gasteiger charge is -2.30. The second kappa shape index (κ2) is 9.40. The molecule has 0 radical (unpaired) electrons. The number of amides is 1. The molecule has 3 heterocycles. The van der Waals surface area contributed by atoms with E-state index in [0.29, 0.717) is 40.7 Å². The SMILES string of the molecule is COC(=O)c1c(NC(=O)C2CCN(S(=O)(=O)c3cccs3)CC2)sc2c1CCCCC2. The van der Waals surface area contributed by atoms with Crippen LogP contribution in [0.3, 0.4) is 0 Å². The molecule has 0 aromatic carbocycles. The number of esters is 1. The van der Waals surface area contributed by atoms with E-state index in [-0.39, 0.29) is 11.8 Å². The van der Waals surface area contributed by atoms with Crippen LogP contribution in [0.25, 0.3) is 0 Å². The largest absolute Gasteiger partial charge is 0.465 e. The van der Waals surface area contributed by atoms with Gasteiger partial charge in [0.25, 0.3) is 10.0 Å². The van der Waals surface area contributed by atoms with Gasteiger partial charge in [-0.25, -0.2) is 13.2 Å². The lowest BCUT2D eigenvalue weighted by Crippen LogP contribution is -2.41. The van der Waals surface area contributed by atoms with Gasteiger partial charge in [0.15, 0.2) is 0 Å². The number of anilines is 1. The van der Waals surface area contributed by atoms with Gasteiger partial charge in [0.05, 0.1) is 12.7 Å². The molecule has 0 saturated carbocycles. The number of thiophene rings is 2. The van der Waals surface area contributed by atoms with Crippen LogP contribution in [0.5, 0.6) is 0 Å². The van der Waals surface area contributed by atoms with Gasteiger partial charge in [0.2, 0.25) is 5.91 Å². The van der Waals surface area contributed by atoms with Crippen LogP contribution in [0, 0.1) is 5.92 Å². The summed E-state index contributed by atoms with van der Waals surface area (Å²) in [4.78, 5) is 26.6. The average Bonchev–Trinajstić information content (AvgIpc) is 3.37. The Bertz CT molecular complexity index is 1050. The van der Waals surface area contributed by atoms with Gasteiger partial charge in [-0.1, -0.05) is 12.5 Å². The minimum Gasteiger partial charge on any atom is -0.465 e. The Balaban J connectivity index is 1.45. The number of sulfonamides is 1. The van der Waals surface area contributed by atoms with Gasteiger partial charge >= 0.3 is 5.97 Å². The number of hydrogen-bond donors (Lipinski definition) is 1. The predicted molar refractivity (Wildman–Crippen MR) is 121 cm³/mol. The number of carbonyl (C=O) groups excluding carboxylic acids is 2. The third-order valence-electron chi connectivity index (χ3n) is 5.96. The van der Waals surface area contributed by atoms with E-state index in [1.807, 2.05) is 0 Å². The number of carbonyl (C=O) groups is 2. The van der Waals surface area contributed by atoms with Crippen LogP contribution in [0.15, 0.2) is 21.7 Å². The van der Waals surface area contributed by atoms with Crippen molar-refractivity contribution >= 4 is 49.6 Å². The molecule has 1 saturated heterocycles. The lowest BCUT2D eigenvalue weighted by molar-refractivity contribution is -0.120. The Morgan fingerprint density at radius 1 is 1.16 bits per heavy atom. The second-order valence-corrected chi connectivity index (χ2v) is 12.1. The van der Waals surface area contributed by atoms with Crippen molar-refractivity contribution in [3.8, 4) is 0 Å². The Kier molecular flexibility index (Phi) is 6.80. The van der Waals surface area contributed by atoms with Gasteiger partial charge in [0.1, 0.15) is 9.21 Å². The molecule has 4 rings (SSSR count). The lowest BCUT2D eigenvalue weighted by atomic mass is 9.97. The maximum absolute atomic E-state index is 13.0. The first-order valence-corrected chi connectivity index (χ1v) is 13.6. The molecular weight excluding hydrogens is 456 g/mol. The molecule has 0 spiro atoms. The number of piperidine rings is 1. The average molecular weight is 483 g/mol. The first-order valence-electron chi connectivity index (χ1n) is 10.5. The number of aryl methyl sites for hydroxylation is 1. The van der Waals surface area contributed by atoms with Crippen molar-refractivity contribution in [1.82, 2.24) is 4.31 Å². The molecule has 1 aliphatic carbocycles. The molecule has 2 aromatic heterocycles. The first-order chi connectivity index (χ1) is 14.9. The molecule has 1 amide bonds. The van der Waals surface area contributed by atoms with Crippen molar-refractivity contribution < 1.29 is 22.7 Å². The summed E-state index contributed by atoms with van der Waals surface area (Å²) in [7, 11) is -2.13. The molecule has 0 unspecified atom stereocenters. The molecule has 1 fully saturated rings. The van der Waals surface area contributed by atoms with Crippen LogP contribution in [0.2, 0.25) is 0 Å². The van der Waals surface area contributed by atoms with Crippen LogP contribution >= 0.6 is 22.7 Å². The minimum atomic E-state index is -3.49. The summed E-state index contributed by atoms with van der Waals surface area (Å²) in [6.45, 7) is 0.617. The number of nitrogens with zero attached hydrogens (tertiary/aromatic N) is 1. The van der Waals surface area contributed by atoms with E-state index in [4.69, 9.17) is 4.74 Å². The highest BCUT2D eigenvalue weighted by atomic mass is 32.2. The molecular formula is C21H26N2O5S3. The molecule has 2 aromatic rings. The Morgan fingerprint density at radius 2 is 1.90 bits per heavy atom. The summed E-state index contributed by atoms with van der Waals surface area (Å²) in [6.07, 6.45) is 5.89. The zero-order valence-corrected chi connectivity index (χ0v) is 19.8. The van der Waals surface area contributed by atoms with Crippen molar-refractivity contribution in [3.63, 3.8) is 0 Å². The van der Waals surface area contributed by atoms with Gasteiger partial charge in [-0.3, -0.25) is 4.79 Å².